The third kappa shape index (κ3) is 12.3. The molecule has 2 unspecified atom stereocenters. The Morgan fingerprint density at radius 2 is 1.38 bits per heavy atom. The van der Waals surface area contributed by atoms with Crippen molar-refractivity contribution in [3.05, 3.63) is 61.2 Å². The van der Waals surface area contributed by atoms with Crippen LogP contribution in [0.15, 0.2) is 55.6 Å². The topological polar surface area (TPSA) is 0 Å². The lowest BCUT2D eigenvalue weighted by Gasteiger charge is -2.41. The van der Waals surface area contributed by atoms with E-state index in [2.05, 4.69) is 69.6 Å². The van der Waals surface area contributed by atoms with Crippen LogP contribution in [0, 0.1) is 0 Å². The second kappa shape index (κ2) is 17.8. The minimum Gasteiger partial charge on any atom is -1.00 e. The summed E-state index contributed by atoms with van der Waals surface area (Å²) >= 11 is 0. The zero-order valence-electron chi connectivity index (χ0n) is 19.3. The molecule has 0 saturated carbocycles. The summed E-state index contributed by atoms with van der Waals surface area (Å²) < 4.78 is 1.04. The summed E-state index contributed by atoms with van der Waals surface area (Å²) in [5.41, 5.74) is 1.42. The number of halogens is 1. The Balaban J connectivity index is 0.00000784. The van der Waals surface area contributed by atoms with E-state index in [0.717, 1.165) is 24.0 Å². The molecule has 0 spiro atoms. The van der Waals surface area contributed by atoms with Crippen LogP contribution in [0.1, 0.15) is 89.5 Å². The quantitative estimate of drug-likeness (QED) is 0.177. The molecule has 0 fully saturated rings. The zero-order chi connectivity index (χ0) is 20.5. The Kier molecular flexibility index (Phi) is 17.1. The van der Waals surface area contributed by atoms with Crippen molar-refractivity contribution in [3.63, 3.8) is 0 Å². The molecule has 1 aromatic rings. The van der Waals surface area contributed by atoms with Crippen LogP contribution in [0.4, 0.5) is 0 Å². The van der Waals surface area contributed by atoms with Gasteiger partial charge in [-0.25, -0.2) is 0 Å². The summed E-state index contributed by atoms with van der Waals surface area (Å²) in [6, 6.07) is 11.5. The van der Waals surface area contributed by atoms with E-state index < -0.39 is 0 Å². The van der Waals surface area contributed by atoms with Crippen LogP contribution in [0.5, 0.6) is 0 Å². The molecule has 29 heavy (non-hydrogen) atoms. The molecule has 1 nitrogen and oxygen atoms in total. The van der Waals surface area contributed by atoms with Gasteiger partial charge < -0.3 is 16.9 Å². The Hall–Kier alpha value is -1.05. The van der Waals surface area contributed by atoms with E-state index in [1.165, 1.54) is 76.2 Å². The van der Waals surface area contributed by atoms with Crippen LogP contribution in [0.3, 0.4) is 0 Å². The second-order valence-corrected chi connectivity index (χ2v) is 8.74. The first-order valence-electron chi connectivity index (χ1n) is 11.8. The van der Waals surface area contributed by atoms with E-state index in [4.69, 9.17) is 0 Å². The van der Waals surface area contributed by atoms with Gasteiger partial charge in [-0.3, -0.25) is 0 Å². The first-order valence-corrected chi connectivity index (χ1v) is 11.8. The van der Waals surface area contributed by atoms with Crippen molar-refractivity contribution in [2.24, 2.45) is 0 Å². The van der Waals surface area contributed by atoms with Gasteiger partial charge in [0, 0.05) is 12.0 Å². The fraction of sp³-hybridized carbons (Fsp3) is 0.630. The molecule has 0 aromatic heterocycles. The van der Waals surface area contributed by atoms with Gasteiger partial charge in [-0.05, 0) is 18.9 Å². The lowest BCUT2D eigenvalue weighted by atomic mass is 9.98. The molecular formula is C27H46ClN. The summed E-state index contributed by atoms with van der Waals surface area (Å²) in [6.45, 7) is 12.5. The highest BCUT2D eigenvalue weighted by molar-refractivity contribution is 5.13. The number of rotatable bonds is 18. The highest BCUT2D eigenvalue weighted by Crippen LogP contribution is 2.24. The van der Waals surface area contributed by atoms with Gasteiger partial charge in [-0.2, -0.15) is 0 Å². The summed E-state index contributed by atoms with van der Waals surface area (Å²) in [4.78, 5) is 0. The minimum atomic E-state index is 0. The molecule has 1 rings (SSSR count). The monoisotopic (exact) mass is 419 g/mol. The van der Waals surface area contributed by atoms with Crippen LogP contribution in [0.2, 0.25) is 0 Å². The number of hydrogen-bond donors (Lipinski definition) is 0. The summed E-state index contributed by atoms with van der Waals surface area (Å²) in [5.74, 6) is 0. The Labute approximate surface area is 188 Å². The van der Waals surface area contributed by atoms with E-state index in [0.29, 0.717) is 6.04 Å². The van der Waals surface area contributed by atoms with Crippen LogP contribution in [-0.2, 0) is 6.54 Å². The summed E-state index contributed by atoms with van der Waals surface area (Å²) in [6.07, 6.45) is 20.6. The lowest BCUT2D eigenvalue weighted by Crippen LogP contribution is -3.00. The molecule has 0 aliphatic carbocycles. The number of hydrogen-bond acceptors (Lipinski definition) is 0. The molecule has 1 aromatic carbocycles. The Morgan fingerprint density at radius 3 is 1.90 bits per heavy atom. The summed E-state index contributed by atoms with van der Waals surface area (Å²) in [5, 5.41) is 0. The smallest absolute Gasteiger partial charge is 0.105 e. The normalized spacial score (nSPS) is 13.9. The molecule has 0 amide bonds. The third-order valence-corrected chi connectivity index (χ3v) is 6.14. The molecule has 0 saturated heterocycles. The fourth-order valence-electron chi connectivity index (χ4n) is 4.38. The van der Waals surface area contributed by atoms with Gasteiger partial charge in [-0.15, -0.1) is 6.58 Å². The Bertz CT molecular complexity index is 513. The predicted molar refractivity (Wildman–Crippen MR) is 126 cm³/mol. The molecule has 0 aliphatic heterocycles. The lowest BCUT2D eigenvalue weighted by molar-refractivity contribution is -0.941. The minimum absolute atomic E-state index is 0. The number of quaternary nitrogens is 1. The van der Waals surface area contributed by atoms with Crippen LogP contribution in [-0.4, -0.2) is 24.1 Å². The van der Waals surface area contributed by atoms with Gasteiger partial charge >= 0.3 is 0 Å². The van der Waals surface area contributed by atoms with Crippen molar-refractivity contribution < 1.29 is 16.9 Å². The average Bonchev–Trinajstić information content (AvgIpc) is 2.69. The van der Waals surface area contributed by atoms with Gasteiger partial charge in [0.2, 0.25) is 0 Å². The van der Waals surface area contributed by atoms with Gasteiger partial charge in [0.25, 0.3) is 0 Å². The van der Waals surface area contributed by atoms with Crippen LogP contribution in [0.25, 0.3) is 0 Å². The van der Waals surface area contributed by atoms with Crippen molar-refractivity contribution in [2.75, 3.05) is 13.6 Å². The Morgan fingerprint density at radius 1 is 0.828 bits per heavy atom. The maximum absolute atomic E-state index is 4.05. The van der Waals surface area contributed by atoms with Crippen molar-refractivity contribution in [1.29, 1.82) is 0 Å². The first-order chi connectivity index (χ1) is 13.7. The molecule has 0 aliphatic rings. The average molecular weight is 420 g/mol. The van der Waals surface area contributed by atoms with E-state index in [-0.39, 0.29) is 12.4 Å². The molecule has 0 radical (unpaired) electrons. The first kappa shape index (κ1) is 27.9. The van der Waals surface area contributed by atoms with E-state index >= 15 is 0 Å². The highest BCUT2D eigenvalue weighted by Gasteiger charge is 2.30. The van der Waals surface area contributed by atoms with Crippen molar-refractivity contribution in [3.8, 4) is 0 Å². The van der Waals surface area contributed by atoms with Gasteiger partial charge in [-0.1, -0.05) is 108 Å². The number of unbranched alkanes of at least 4 members (excludes halogenated alkanes) is 9. The highest BCUT2D eigenvalue weighted by atomic mass is 35.5. The van der Waals surface area contributed by atoms with E-state index in [9.17, 15) is 0 Å². The van der Waals surface area contributed by atoms with Crippen molar-refractivity contribution >= 4 is 0 Å². The fourth-order valence-corrected chi connectivity index (χ4v) is 4.38. The number of benzene rings is 1. The number of likely N-dealkylation sites (N-methyl/N-ethyl adjacent to an activating group) is 1. The van der Waals surface area contributed by atoms with Gasteiger partial charge in [0.1, 0.15) is 6.54 Å². The van der Waals surface area contributed by atoms with Gasteiger partial charge in [0.05, 0.1) is 19.6 Å². The molecule has 2 heteroatoms. The van der Waals surface area contributed by atoms with E-state index in [1.54, 1.807) is 0 Å². The molecule has 0 heterocycles. The maximum Gasteiger partial charge on any atom is 0.105 e. The van der Waals surface area contributed by atoms with Gasteiger partial charge in [0.15, 0.2) is 0 Å². The molecule has 2 atom stereocenters. The van der Waals surface area contributed by atoms with Crippen LogP contribution < -0.4 is 12.4 Å². The number of nitrogens with zero attached hydrogens (tertiary/aromatic N) is 1. The molecule has 0 bridgehead atoms. The summed E-state index contributed by atoms with van der Waals surface area (Å²) in [7, 11) is 2.40. The zero-order valence-corrected chi connectivity index (χ0v) is 20.0. The van der Waals surface area contributed by atoms with Crippen molar-refractivity contribution in [2.45, 2.75) is 96.6 Å². The largest absolute Gasteiger partial charge is 1.00 e. The van der Waals surface area contributed by atoms with Crippen LogP contribution >= 0.6 is 0 Å². The maximum atomic E-state index is 4.05. The molecule has 0 N–H and O–H groups in total. The van der Waals surface area contributed by atoms with E-state index in [1.807, 2.05) is 0 Å². The molecular weight excluding hydrogens is 374 g/mol. The third-order valence-electron chi connectivity index (χ3n) is 6.14. The SMILES string of the molecule is C=CCC(CCCCCCCCCCCC)[N+](C)(CC=C)Cc1ccccc1.[Cl-]. The van der Waals surface area contributed by atoms with Crippen molar-refractivity contribution in [1.82, 2.24) is 0 Å². The standard InChI is InChI=1S/C27H46N.ClH/c1-5-8-9-10-11-12-13-14-15-19-23-27(20-6-2)28(4,24-7-3)25-26-21-17-16-18-22-26;/h6-7,16-18,21-22,27H,2-3,5,8-15,19-20,23-25H2,1,4H3;1H/q+1;/p-1. The predicted octanol–water partition coefficient (Wildman–Crippen LogP) is 5.08. The second-order valence-electron chi connectivity index (χ2n) is 8.74. The molecule has 166 valence electrons.